The van der Waals surface area contributed by atoms with Crippen molar-refractivity contribution in [2.45, 2.75) is 44.3 Å². The van der Waals surface area contributed by atoms with E-state index in [1.54, 1.807) is 0 Å². The highest BCUT2D eigenvalue weighted by atomic mass is 19.4. The summed E-state index contributed by atoms with van der Waals surface area (Å²) in [5, 5.41) is 1.89. The van der Waals surface area contributed by atoms with Gasteiger partial charge >= 0.3 is 6.18 Å². The van der Waals surface area contributed by atoms with Crippen molar-refractivity contribution in [3.8, 4) is 0 Å². The van der Waals surface area contributed by atoms with E-state index >= 15 is 0 Å². The van der Waals surface area contributed by atoms with E-state index in [1.807, 2.05) is 5.32 Å². The lowest BCUT2D eigenvalue weighted by Crippen LogP contribution is -2.35. The highest BCUT2D eigenvalue weighted by Crippen LogP contribution is 2.25. The molecule has 1 aliphatic rings. The van der Waals surface area contributed by atoms with Gasteiger partial charge in [-0.3, -0.25) is 4.79 Å². The minimum absolute atomic E-state index is 0.183. The molecule has 1 rings (SSSR count). The molecule has 1 fully saturated rings. The number of nitrogens with two attached hydrogens (primary N) is 1. The van der Waals surface area contributed by atoms with E-state index in [4.69, 9.17) is 5.73 Å². The average molecular weight is 238 g/mol. The summed E-state index contributed by atoms with van der Waals surface area (Å²) in [6.07, 6.45) is -0.761. The summed E-state index contributed by atoms with van der Waals surface area (Å²) in [6.45, 7) is -1.24. The van der Waals surface area contributed by atoms with Gasteiger partial charge in [-0.15, -0.1) is 0 Å². The predicted molar refractivity (Wildman–Crippen MR) is 53.6 cm³/mol. The normalized spacial score (nSPS) is 26.5. The molecule has 6 heteroatoms. The lowest BCUT2D eigenvalue weighted by Gasteiger charge is -2.25. The van der Waals surface area contributed by atoms with Gasteiger partial charge in [0.05, 0.1) is 0 Å². The zero-order valence-corrected chi connectivity index (χ0v) is 9.02. The summed E-state index contributed by atoms with van der Waals surface area (Å²) in [5.41, 5.74) is 5.69. The van der Waals surface area contributed by atoms with Gasteiger partial charge < -0.3 is 11.1 Å². The zero-order chi connectivity index (χ0) is 12.2. The second kappa shape index (κ2) is 5.52. The van der Waals surface area contributed by atoms with Crippen molar-refractivity contribution in [1.29, 1.82) is 0 Å². The lowest BCUT2D eigenvalue weighted by molar-refractivity contribution is -0.139. The molecule has 0 heterocycles. The molecule has 3 N–H and O–H groups in total. The van der Waals surface area contributed by atoms with E-state index in [0.29, 0.717) is 0 Å². The molecule has 1 aliphatic carbocycles. The summed E-state index contributed by atoms with van der Waals surface area (Å²) in [7, 11) is 0. The monoisotopic (exact) mass is 238 g/mol. The quantitative estimate of drug-likeness (QED) is 0.784. The molecule has 0 bridgehead atoms. The number of rotatable bonds is 3. The first-order valence-corrected chi connectivity index (χ1v) is 5.46. The molecule has 0 aliphatic heterocycles. The predicted octanol–water partition coefficient (Wildman–Crippen LogP) is 1.57. The molecule has 0 atom stereocenters. The molecule has 0 aromatic rings. The third kappa shape index (κ3) is 5.34. The van der Waals surface area contributed by atoms with Crippen molar-refractivity contribution >= 4 is 5.91 Å². The van der Waals surface area contributed by atoms with Gasteiger partial charge in [0.2, 0.25) is 5.91 Å². The van der Waals surface area contributed by atoms with Crippen molar-refractivity contribution in [3.05, 3.63) is 0 Å². The van der Waals surface area contributed by atoms with Crippen LogP contribution in [0.5, 0.6) is 0 Å². The Hall–Kier alpha value is -0.780. The van der Waals surface area contributed by atoms with Crippen molar-refractivity contribution in [3.63, 3.8) is 0 Å². The summed E-state index contributed by atoms with van der Waals surface area (Å²) < 4.78 is 35.4. The number of alkyl halides is 3. The van der Waals surface area contributed by atoms with E-state index in [9.17, 15) is 18.0 Å². The van der Waals surface area contributed by atoms with Crippen LogP contribution in [0.4, 0.5) is 13.2 Å². The smallest absolute Gasteiger partial charge is 0.347 e. The Morgan fingerprint density at radius 1 is 1.25 bits per heavy atom. The Morgan fingerprint density at radius 3 is 2.31 bits per heavy atom. The number of hydrogen-bond acceptors (Lipinski definition) is 2. The van der Waals surface area contributed by atoms with Gasteiger partial charge in [0.25, 0.3) is 0 Å². The van der Waals surface area contributed by atoms with Crippen LogP contribution in [0.25, 0.3) is 0 Å². The van der Waals surface area contributed by atoms with Crippen molar-refractivity contribution in [2.75, 3.05) is 6.54 Å². The molecule has 0 radical (unpaired) electrons. The topological polar surface area (TPSA) is 55.1 Å². The maximum absolute atomic E-state index is 11.8. The SMILES string of the molecule is NC1CCC(CC(=O)NCC(F)(F)F)CC1. The Labute approximate surface area is 92.6 Å². The fraction of sp³-hybridized carbons (Fsp3) is 0.900. The van der Waals surface area contributed by atoms with Crippen LogP contribution in [-0.4, -0.2) is 24.7 Å². The fourth-order valence-electron chi connectivity index (χ4n) is 1.93. The standard InChI is InChI=1S/C10H17F3N2O/c11-10(12,13)6-15-9(16)5-7-1-3-8(14)4-2-7/h7-8H,1-6,14H2,(H,15,16). The second-order valence-electron chi connectivity index (χ2n) is 4.38. The van der Waals surface area contributed by atoms with Gasteiger partial charge in [0.15, 0.2) is 0 Å². The number of carbonyl (C=O) groups is 1. The summed E-state index contributed by atoms with van der Waals surface area (Å²) in [4.78, 5) is 11.2. The van der Waals surface area contributed by atoms with E-state index in [0.717, 1.165) is 25.7 Å². The third-order valence-electron chi connectivity index (χ3n) is 2.85. The third-order valence-corrected chi connectivity index (χ3v) is 2.85. The summed E-state index contributed by atoms with van der Waals surface area (Å²) in [6, 6.07) is 0.189. The molecule has 1 saturated carbocycles. The molecule has 1 amide bonds. The number of nitrogens with one attached hydrogen (secondary N) is 1. The number of amides is 1. The molecule has 3 nitrogen and oxygen atoms in total. The van der Waals surface area contributed by atoms with E-state index in [1.165, 1.54) is 0 Å². The first-order chi connectivity index (χ1) is 7.37. The van der Waals surface area contributed by atoms with Crippen molar-refractivity contribution in [2.24, 2.45) is 11.7 Å². The first-order valence-electron chi connectivity index (χ1n) is 5.46. The average Bonchev–Trinajstić information content (AvgIpc) is 2.18. The van der Waals surface area contributed by atoms with Crippen LogP contribution in [0.15, 0.2) is 0 Å². The van der Waals surface area contributed by atoms with Crippen LogP contribution in [0.1, 0.15) is 32.1 Å². The maximum Gasteiger partial charge on any atom is 0.405 e. The van der Waals surface area contributed by atoms with Gasteiger partial charge in [-0.2, -0.15) is 13.2 Å². The second-order valence-corrected chi connectivity index (χ2v) is 4.38. The maximum atomic E-state index is 11.8. The van der Waals surface area contributed by atoms with E-state index < -0.39 is 18.6 Å². The van der Waals surface area contributed by atoms with Crippen LogP contribution in [0, 0.1) is 5.92 Å². The highest BCUT2D eigenvalue weighted by molar-refractivity contribution is 5.76. The van der Waals surface area contributed by atoms with Crippen LogP contribution in [0.3, 0.4) is 0 Å². The molecule has 0 saturated heterocycles. The minimum atomic E-state index is -4.33. The van der Waals surface area contributed by atoms with Crippen LogP contribution in [0.2, 0.25) is 0 Å². The molecular formula is C10H17F3N2O. The molecular weight excluding hydrogens is 221 g/mol. The lowest BCUT2D eigenvalue weighted by atomic mass is 9.84. The number of carbonyl (C=O) groups excluding carboxylic acids is 1. The van der Waals surface area contributed by atoms with E-state index in [-0.39, 0.29) is 18.4 Å². The Bertz CT molecular complexity index is 235. The molecule has 0 unspecified atom stereocenters. The molecule has 0 aromatic carbocycles. The van der Waals surface area contributed by atoms with Gasteiger partial charge in [-0.1, -0.05) is 0 Å². The van der Waals surface area contributed by atoms with Crippen molar-refractivity contribution < 1.29 is 18.0 Å². The van der Waals surface area contributed by atoms with Gasteiger partial charge in [-0.05, 0) is 31.6 Å². The largest absolute Gasteiger partial charge is 0.405 e. The van der Waals surface area contributed by atoms with Gasteiger partial charge in [0.1, 0.15) is 6.54 Å². The van der Waals surface area contributed by atoms with E-state index in [2.05, 4.69) is 0 Å². The first kappa shape index (κ1) is 13.3. The summed E-state index contributed by atoms with van der Waals surface area (Å²) >= 11 is 0. The molecule has 94 valence electrons. The minimum Gasteiger partial charge on any atom is -0.347 e. The molecule has 0 spiro atoms. The van der Waals surface area contributed by atoms with Crippen LogP contribution in [-0.2, 0) is 4.79 Å². The number of halogens is 3. The number of hydrogen-bond donors (Lipinski definition) is 2. The van der Waals surface area contributed by atoms with Gasteiger partial charge in [0, 0.05) is 12.5 Å². The fourth-order valence-corrected chi connectivity index (χ4v) is 1.93. The van der Waals surface area contributed by atoms with Crippen LogP contribution >= 0.6 is 0 Å². The Kier molecular flexibility index (Phi) is 4.58. The highest BCUT2D eigenvalue weighted by Gasteiger charge is 2.28. The van der Waals surface area contributed by atoms with Crippen LogP contribution < -0.4 is 11.1 Å². The summed E-state index contributed by atoms with van der Waals surface area (Å²) in [5.74, 6) is -0.328. The Morgan fingerprint density at radius 2 is 1.81 bits per heavy atom. The molecule has 0 aromatic heterocycles. The Balaban J connectivity index is 2.19. The van der Waals surface area contributed by atoms with Gasteiger partial charge in [-0.25, -0.2) is 0 Å². The molecule has 16 heavy (non-hydrogen) atoms. The van der Waals surface area contributed by atoms with Crippen molar-refractivity contribution in [1.82, 2.24) is 5.32 Å². The zero-order valence-electron chi connectivity index (χ0n) is 9.02.